The van der Waals surface area contributed by atoms with Crippen LogP contribution in [-0.2, 0) is 0 Å². The average molecular weight is 605 g/mol. The molecule has 4 rings (SSSR count). The number of hydrogen-bond donors (Lipinski definition) is 6. The number of nitrogens with two attached hydrogens (primary N) is 1. The number of halogens is 1. The molecule has 0 fully saturated rings. The number of phenols is 5. The van der Waals surface area contributed by atoms with E-state index >= 15 is 4.48 Å². The first-order chi connectivity index (χ1) is 21.1. The van der Waals surface area contributed by atoms with Gasteiger partial charge < -0.3 is 31.3 Å². The van der Waals surface area contributed by atoms with Crippen LogP contribution in [0.25, 0.3) is 11.3 Å². The van der Waals surface area contributed by atoms with Crippen LogP contribution in [0.4, 0.5) is 4.48 Å². The summed E-state index contributed by atoms with van der Waals surface area (Å²) in [5.41, 5.74) is 9.82. The molecule has 1 heterocycles. The van der Waals surface area contributed by atoms with Crippen LogP contribution >= 0.6 is 0 Å². The van der Waals surface area contributed by atoms with Gasteiger partial charge in [-0.05, 0) is 68.5 Å². The average Bonchev–Trinajstić information content (AvgIpc) is 3.04. The third kappa shape index (κ3) is 8.83. The van der Waals surface area contributed by atoms with Crippen molar-refractivity contribution >= 4 is 11.3 Å². The molecule has 0 radical (unpaired) electrons. The second-order valence-electron chi connectivity index (χ2n) is 10.2. The summed E-state index contributed by atoms with van der Waals surface area (Å²) in [5, 5.41) is 49.6. The van der Waals surface area contributed by atoms with Crippen molar-refractivity contribution in [2.24, 2.45) is 5.73 Å². The van der Waals surface area contributed by atoms with Crippen molar-refractivity contribution < 1.29 is 30.0 Å². The summed E-state index contributed by atoms with van der Waals surface area (Å²) in [5.74, 6) is -4.69. The second-order valence-corrected chi connectivity index (χ2v) is 10.2. The summed E-state index contributed by atoms with van der Waals surface area (Å²) in [6, 6.07) is 7.41. The fourth-order valence-electron chi connectivity index (χ4n) is 4.88. The maximum absolute atomic E-state index is 15.0. The fraction of sp³-hybridized carbons (Fsp3) is 0.278. The molecule has 1 atom stereocenters. The maximum atomic E-state index is 15.0. The lowest BCUT2D eigenvalue weighted by Crippen LogP contribution is -2.19. The summed E-state index contributed by atoms with van der Waals surface area (Å²) < 4.78 is 15.0. The van der Waals surface area contributed by atoms with Crippen molar-refractivity contribution in [3.8, 4) is 28.7 Å². The molecule has 2 aromatic rings. The zero-order chi connectivity index (χ0) is 32.8. The summed E-state index contributed by atoms with van der Waals surface area (Å²) in [7, 11) is 0. The van der Waals surface area contributed by atoms with Crippen LogP contribution in [0, 0.1) is 0 Å². The predicted molar refractivity (Wildman–Crippen MR) is 178 cm³/mol. The molecule has 7 N–H and O–H groups in total. The zero-order valence-electron chi connectivity index (χ0n) is 26.1. The molecule has 0 unspecified atom stereocenters. The fourth-order valence-corrected chi connectivity index (χ4v) is 4.88. The van der Waals surface area contributed by atoms with Gasteiger partial charge in [-0.15, -0.1) is 0 Å². The van der Waals surface area contributed by atoms with E-state index in [1.807, 2.05) is 64.1 Å². The topological polar surface area (TPSA) is 130 Å². The highest BCUT2D eigenvalue weighted by Crippen LogP contribution is 2.53. The van der Waals surface area contributed by atoms with E-state index in [1.54, 1.807) is 12.3 Å². The molecule has 0 amide bonds. The molecule has 236 valence electrons. The second kappa shape index (κ2) is 17.3. The Hall–Kier alpha value is -4.85. The number of benzene rings is 2. The first-order valence-electron chi connectivity index (χ1n) is 14.7. The lowest BCUT2D eigenvalue weighted by molar-refractivity contribution is 0.124. The Labute approximate surface area is 260 Å². The van der Waals surface area contributed by atoms with Crippen LogP contribution in [0.2, 0.25) is 0 Å². The summed E-state index contributed by atoms with van der Waals surface area (Å²) in [6.07, 6.45) is 22.5. The molecule has 7 nitrogen and oxygen atoms in total. The molecule has 0 bridgehead atoms. The minimum Gasteiger partial charge on any atom is -0.504 e. The maximum Gasteiger partial charge on any atom is 0.208 e. The number of nitrogens with zero attached hydrogens (tertiary/aromatic N) is 1. The third-order valence-electron chi connectivity index (χ3n) is 7.01. The molecule has 8 heteroatoms. The third-order valence-corrected chi connectivity index (χ3v) is 7.01. The molecular formula is C36H45FN2O5. The van der Waals surface area contributed by atoms with Gasteiger partial charge in [-0.25, -0.2) is 5.12 Å². The number of aromatic hydroxyl groups is 5. The highest BCUT2D eigenvalue weighted by atomic mass is 19.2. The Balaban J connectivity index is 0.000000376. The van der Waals surface area contributed by atoms with Crippen LogP contribution in [0.15, 0.2) is 96.3 Å². The smallest absolute Gasteiger partial charge is 0.208 e. The first-order valence-corrected chi connectivity index (χ1v) is 14.7. The Kier molecular flexibility index (Phi) is 13.9. The SMILES string of the molecule is C/C(=C/C=C\N)CC1=CC=CCC1.CC.CC=C[C@@H](C)c1ccccc1C1=CC=C(c2c(O)c(O)c(O)c(O)c2O)CN1F. The minimum atomic E-state index is -1.06. The zero-order valence-corrected chi connectivity index (χ0v) is 26.1. The van der Waals surface area contributed by atoms with Crippen LogP contribution in [0.5, 0.6) is 28.7 Å². The highest BCUT2D eigenvalue weighted by Gasteiger charge is 2.29. The molecule has 0 saturated heterocycles. The molecule has 0 spiro atoms. The Morgan fingerprint density at radius 1 is 0.977 bits per heavy atom. The largest absolute Gasteiger partial charge is 0.504 e. The van der Waals surface area contributed by atoms with E-state index in [0.717, 1.165) is 12.0 Å². The molecule has 0 aromatic heterocycles. The number of rotatable bonds is 7. The van der Waals surface area contributed by atoms with Gasteiger partial charge in [-0.3, -0.25) is 0 Å². The minimum absolute atomic E-state index is 0.0648. The number of phenolic OH excluding ortho intramolecular Hbond substituents is 5. The first kappa shape index (κ1) is 35.3. The van der Waals surface area contributed by atoms with Gasteiger partial charge in [0.15, 0.2) is 11.5 Å². The van der Waals surface area contributed by atoms with Gasteiger partial charge in [-0.1, -0.05) is 103 Å². The Bertz CT molecular complexity index is 1470. The van der Waals surface area contributed by atoms with Gasteiger partial charge in [0.05, 0.1) is 17.8 Å². The van der Waals surface area contributed by atoms with Crippen LogP contribution in [0.1, 0.15) is 76.5 Å². The van der Waals surface area contributed by atoms with Crippen molar-refractivity contribution in [2.75, 3.05) is 6.54 Å². The van der Waals surface area contributed by atoms with E-state index in [4.69, 9.17) is 5.73 Å². The van der Waals surface area contributed by atoms with Gasteiger partial charge >= 0.3 is 0 Å². The van der Waals surface area contributed by atoms with E-state index in [2.05, 4.69) is 31.2 Å². The molecule has 2 aliphatic rings. The lowest BCUT2D eigenvalue weighted by Gasteiger charge is -2.26. The summed E-state index contributed by atoms with van der Waals surface area (Å²) in [4.78, 5) is 0. The summed E-state index contributed by atoms with van der Waals surface area (Å²) >= 11 is 0. The van der Waals surface area contributed by atoms with Gasteiger partial charge in [0.2, 0.25) is 17.2 Å². The molecule has 0 saturated carbocycles. The van der Waals surface area contributed by atoms with Gasteiger partial charge in [0, 0.05) is 5.56 Å². The number of allylic oxidation sites excluding steroid dienone is 11. The Morgan fingerprint density at radius 3 is 2.18 bits per heavy atom. The van der Waals surface area contributed by atoms with E-state index in [0.29, 0.717) is 16.4 Å². The van der Waals surface area contributed by atoms with Crippen molar-refractivity contribution in [1.82, 2.24) is 5.12 Å². The summed E-state index contributed by atoms with van der Waals surface area (Å²) in [6.45, 7) is 9.70. The molecular weight excluding hydrogens is 559 g/mol. The molecule has 2 aromatic carbocycles. The number of hydrogen-bond acceptors (Lipinski definition) is 7. The van der Waals surface area contributed by atoms with Crippen LogP contribution < -0.4 is 5.73 Å². The van der Waals surface area contributed by atoms with Gasteiger partial charge in [0.25, 0.3) is 0 Å². The van der Waals surface area contributed by atoms with Crippen molar-refractivity contribution in [3.05, 3.63) is 113 Å². The molecule has 1 aliphatic carbocycles. The van der Waals surface area contributed by atoms with E-state index < -0.39 is 28.7 Å². The van der Waals surface area contributed by atoms with Crippen LogP contribution in [-0.4, -0.2) is 37.2 Å². The van der Waals surface area contributed by atoms with Crippen LogP contribution in [0.3, 0.4) is 0 Å². The Morgan fingerprint density at radius 2 is 1.61 bits per heavy atom. The van der Waals surface area contributed by atoms with E-state index in [9.17, 15) is 25.5 Å². The van der Waals surface area contributed by atoms with Gasteiger partial charge in [-0.2, -0.15) is 0 Å². The highest BCUT2D eigenvalue weighted by molar-refractivity contribution is 5.87. The van der Waals surface area contributed by atoms with Gasteiger partial charge in [0.1, 0.15) is 0 Å². The molecule has 44 heavy (non-hydrogen) atoms. The quantitative estimate of drug-likeness (QED) is 0.0613. The molecule has 1 aliphatic heterocycles. The lowest BCUT2D eigenvalue weighted by atomic mass is 9.91. The van der Waals surface area contributed by atoms with E-state index in [1.165, 1.54) is 36.1 Å². The van der Waals surface area contributed by atoms with Crippen molar-refractivity contribution in [1.29, 1.82) is 0 Å². The normalized spacial score (nSPS) is 15.5. The standard InChI is InChI=1S/C22H22FNO5.C12H17N.C2H6/c1-3-6-12(2)14-7-4-5-8-15(14)16-10-9-13(11-24(16)23)17-18(25)20(27)22(29)21(28)19(17)26;1-11(6-5-9-13)10-12-7-3-2-4-8-12;1-2/h3-10,12,25-29H,11H2,1-2H3;2-3,5-7,9H,4,8,10,13H2,1H3;1-2H3/b;9-5-,11-6-;/t12-;;/m1../s1. The van der Waals surface area contributed by atoms with Crippen molar-refractivity contribution in [2.45, 2.75) is 59.8 Å². The van der Waals surface area contributed by atoms with Crippen molar-refractivity contribution in [3.63, 3.8) is 0 Å². The predicted octanol–water partition coefficient (Wildman–Crippen LogP) is 8.62. The monoisotopic (exact) mass is 604 g/mol. The van der Waals surface area contributed by atoms with E-state index in [-0.39, 0.29) is 23.6 Å².